The van der Waals surface area contributed by atoms with Crippen molar-refractivity contribution in [2.75, 3.05) is 18.6 Å². The average Bonchev–Trinajstić information content (AvgIpc) is 3.44. The van der Waals surface area contributed by atoms with Crippen LogP contribution in [-0.2, 0) is 4.74 Å². The second-order valence-corrected chi connectivity index (χ2v) is 9.12. The van der Waals surface area contributed by atoms with Gasteiger partial charge in [0.25, 0.3) is 5.91 Å². The quantitative estimate of drug-likeness (QED) is 0.418. The molecule has 1 aliphatic rings. The van der Waals surface area contributed by atoms with Crippen molar-refractivity contribution in [1.29, 1.82) is 0 Å². The van der Waals surface area contributed by atoms with E-state index < -0.39 is 12.1 Å². The summed E-state index contributed by atoms with van der Waals surface area (Å²) < 4.78 is 6.90. The fraction of sp³-hybridized carbons (Fsp3) is 0.231. The van der Waals surface area contributed by atoms with E-state index in [-0.39, 0.29) is 18.4 Å². The zero-order valence-electron chi connectivity index (χ0n) is 18.7. The van der Waals surface area contributed by atoms with Crippen molar-refractivity contribution in [3.8, 4) is 11.1 Å². The molecule has 1 aliphatic carbocycles. The molecule has 1 N–H and O–H groups in total. The predicted molar refractivity (Wildman–Crippen MR) is 133 cm³/mol. The molecule has 172 valence electrons. The molecular formula is C26H24N4O3S. The van der Waals surface area contributed by atoms with Crippen LogP contribution in [0.25, 0.3) is 22.2 Å². The maximum absolute atomic E-state index is 13.2. The second kappa shape index (κ2) is 9.69. The molecule has 1 heterocycles. The molecule has 5 rings (SSSR count). The number of hydrogen-bond acceptors (Lipinski definition) is 6. The first-order valence-electron chi connectivity index (χ1n) is 11.1. The number of amides is 1. The minimum atomic E-state index is -0.770. The maximum Gasteiger partial charge on any atom is 0.407 e. The number of fused-ring (bicyclic) bond motifs is 4. The number of aromatic nitrogens is 3. The van der Waals surface area contributed by atoms with Crippen molar-refractivity contribution in [1.82, 2.24) is 20.3 Å². The molecule has 4 aromatic rings. The number of carbonyl (C=O) groups is 2. The SMILES string of the molecule is CSCCC(NC(=O)OCC1c2ccccc2-c2ccccc21)C(=O)n1nnc2ccccc21. The third kappa shape index (κ3) is 4.17. The summed E-state index contributed by atoms with van der Waals surface area (Å²) in [6.45, 7) is 0.190. The number of benzene rings is 3. The van der Waals surface area contributed by atoms with Gasteiger partial charge in [-0.05, 0) is 52.8 Å². The first-order chi connectivity index (χ1) is 16.7. The molecule has 0 saturated heterocycles. The molecule has 1 unspecified atom stereocenters. The number of carbonyl (C=O) groups excluding carboxylic acids is 2. The Kier molecular flexibility index (Phi) is 6.31. The lowest BCUT2D eigenvalue weighted by Crippen LogP contribution is -2.44. The molecule has 0 bridgehead atoms. The normalized spacial score (nSPS) is 13.3. The summed E-state index contributed by atoms with van der Waals surface area (Å²) in [4.78, 5) is 26.0. The van der Waals surface area contributed by atoms with Crippen LogP contribution < -0.4 is 5.32 Å². The maximum atomic E-state index is 13.2. The van der Waals surface area contributed by atoms with Crippen molar-refractivity contribution < 1.29 is 14.3 Å². The van der Waals surface area contributed by atoms with Gasteiger partial charge in [-0.2, -0.15) is 16.4 Å². The smallest absolute Gasteiger partial charge is 0.407 e. The Morgan fingerprint density at radius 1 is 1.00 bits per heavy atom. The van der Waals surface area contributed by atoms with Crippen LogP contribution in [0.3, 0.4) is 0 Å². The van der Waals surface area contributed by atoms with Gasteiger partial charge in [0, 0.05) is 5.92 Å². The molecule has 0 spiro atoms. The summed E-state index contributed by atoms with van der Waals surface area (Å²) in [5.74, 6) is 0.321. The van der Waals surface area contributed by atoms with E-state index in [1.807, 2.05) is 42.7 Å². The van der Waals surface area contributed by atoms with Gasteiger partial charge in [-0.1, -0.05) is 65.9 Å². The fourth-order valence-electron chi connectivity index (χ4n) is 4.45. The largest absolute Gasteiger partial charge is 0.449 e. The molecule has 1 aromatic heterocycles. The highest BCUT2D eigenvalue weighted by atomic mass is 32.2. The van der Waals surface area contributed by atoms with E-state index in [9.17, 15) is 9.59 Å². The molecule has 0 aliphatic heterocycles. The summed E-state index contributed by atoms with van der Waals surface area (Å²) >= 11 is 1.60. The van der Waals surface area contributed by atoms with Crippen LogP contribution in [-0.4, -0.2) is 51.7 Å². The molecule has 3 aromatic carbocycles. The third-order valence-corrected chi connectivity index (χ3v) is 6.75. The summed E-state index contributed by atoms with van der Waals surface area (Å²) in [5.41, 5.74) is 5.84. The standard InChI is InChI=1S/C26H24N4O3S/c1-34-15-14-23(25(31)30-24-13-7-6-12-22(24)28-29-30)27-26(32)33-16-21-19-10-4-2-8-17(19)18-9-3-5-11-20(18)21/h2-13,21,23H,14-16H2,1H3,(H,27,32). The van der Waals surface area contributed by atoms with Gasteiger partial charge in [-0.3, -0.25) is 4.79 Å². The second-order valence-electron chi connectivity index (χ2n) is 8.13. The predicted octanol–water partition coefficient (Wildman–Crippen LogP) is 4.73. The van der Waals surface area contributed by atoms with Crippen molar-refractivity contribution in [2.24, 2.45) is 0 Å². The topological polar surface area (TPSA) is 86.1 Å². The Morgan fingerprint density at radius 3 is 2.35 bits per heavy atom. The summed E-state index contributed by atoms with van der Waals surface area (Å²) in [6, 6.07) is 22.8. The molecule has 0 saturated carbocycles. The first-order valence-corrected chi connectivity index (χ1v) is 12.5. The monoisotopic (exact) mass is 472 g/mol. The number of nitrogens with one attached hydrogen (secondary N) is 1. The molecular weight excluding hydrogens is 448 g/mol. The molecule has 0 fully saturated rings. The molecule has 34 heavy (non-hydrogen) atoms. The van der Waals surface area contributed by atoms with Crippen LogP contribution in [0, 0.1) is 0 Å². The van der Waals surface area contributed by atoms with Gasteiger partial charge in [-0.15, -0.1) is 5.10 Å². The van der Waals surface area contributed by atoms with Crippen molar-refractivity contribution in [3.63, 3.8) is 0 Å². The van der Waals surface area contributed by atoms with Gasteiger partial charge >= 0.3 is 6.09 Å². The Morgan fingerprint density at radius 2 is 1.65 bits per heavy atom. The molecule has 0 radical (unpaired) electrons. The minimum Gasteiger partial charge on any atom is -0.449 e. The van der Waals surface area contributed by atoms with Gasteiger partial charge in [0.15, 0.2) is 0 Å². The fourth-order valence-corrected chi connectivity index (χ4v) is 4.93. The van der Waals surface area contributed by atoms with Gasteiger partial charge in [0.05, 0.1) is 5.52 Å². The van der Waals surface area contributed by atoms with Gasteiger partial charge in [-0.25, -0.2) is 4.79 Å². The number of rotatable bonds is 7. The number of ether oxygens (including phenoxy) is 1. The highest BCUT2D eigenvalue weighted by Gasteiger charge is 2.30. The number of hydrogen-bond donors (Lipinski definition) is 1. The summed E-state index contributed by atoms with van der Waals surface area (Å²) in [7, 11) is 0. The van der Waals surface area contributed by atoms with E-state index in [1.165, 1.54) is 4.68 Å². The van der Waals surface area contributed by atoms with Crippen LogP contribution in [0.5, 0.6) is 0 Å². The highest BCUT2D eigenvalue weighted by molar-refractivity contribution is 7.98. The summed E-state index contributed by atoms with van der Waals surface area (Å²) in [5, 5.41) is 10.8. The Labute approximate surface area is 201 Å². The number of alkyl carbamates (subject to hydrolysis) is 1. The van der Waals surface area contributed by atoms with Gasteiger partial charge in [0.1, 0.15) is 18.2 Å². The average molecular weight is 473 g/mol. The van der Waals surface area contributed by atoms with Crippen molar-refractivity contribution in [3.05, 3.63) is 83.9 Å². The van der Waals surface area contributed by atoms with Crippen molar-refractivity contribution in [2.45, 2.75) is 18.4 Å². The van der Waals surface area contributed by atoms with Crippen LogP contribution in [0.15, 0.2) is 72.8 Å². The molecule has 7 nitrogen and oxygen atoms in total. The highest BCUT2D eigenvalue weighted by Crippen LogP contribution is 2.44. The lowest BCUT2D eigenvalue weighted by Gasteiger charge is -2.19. The third-order valence-electron chi connectivity index (χ3n) is 6.11. The van der Waals surface area contributed by atoms with E-state index in [1.54, 1.807) is 23.9 Å². The Bertz CT molecular complexity index is 1310. The minimum absolute atomic E-state index is 0.0437. The Hall–Kier alpha value is -3.65. The lowest BCUT2D eigenvalue weighted by atomic mass is 9.98. The van der Waals surface area contributed by atoms with Gasteiger partial charge < -0.3 is 10.1 Å². The van der Waals surface area contributed by atoms with Crippen LogP contribution in [0.4, 0.5) is 4.79 Å². The first kappa shape index (κ1) is 22.2. The number of nitrogens with zero attached hydrogens (tertiary/aromatic N) is 3. The van der Waals surface area contributed by atoms with Gasteiger partial charge in [0.2, 0.25) is 0 Å². The molecule has 1 amide bonds. The van der Waals surface area contributed by atoms with E-state index in [2.05, 4.69) is 39.9 Å². The number of thioether (sulfide) groups is 1. The molecule has 8 heteroatoms. The van der Waals surface area contributed by atoms with Crippen LogP contribution >= 0.6 is 11.8 Å². The number of para-hydroxylation sites is 1. The zero-order valence-corrected chi connectivity index (χ0v) is 19.5. The van der Waals surface area contributed by atoms with E-state index in [0.29, 0.717) is 23.2 Å². The van der Waals surface area contributed by atoms with E-state index in [4.69, 9.17) is 4.74 Å². The Balaban J connectivity index is 1.31. The van der Waals surface area contributed by atoms with E-state index >= 15 is 0 Å². The summed E-state index contributed by atoms with van der Waals surface area (Å²) in [6.07, 6.45) is 1.80. The van der Waals surface area contributed by atoms with E-state index in [0.717, 1.165) is 22.3 Å². The van der Waals surface area contributed by atoms with Crippen LogP contribution in [0.1, 0.15) is 28.3 Å². The molecule has 1 atom stereocenters. The lowest BCUT2D eigenvalue weighted by molar-refractivity contribution is 0.0824. The zero-order chi connectivity index (χ0) is 23.5. The van der Waals surface area contributed by atoms with Crippen LogP contribution in [0.2, 0.25) is 0 Å². The van der Waals surface area contributed by atoms with Crippen molar-refractivity contribution >= 4 is 34.8 Å².